The van der Waals surface area contributed by atoms with Crippen LogP contribution in [0.4, 0.5) is 11.5 Å². The van der Waals surface area contributed by atoms with Crippen LogP contribution in [0.2, 0.25) is 0 Å². The summed E-state index contributed by atoms with van der Waals surface area (Å²) in [4.78, 5) is 48.6. The van der Waals surface area contributed by atoms with Gasteiger partial charge in [-0.1, -0.05) is 25.1 Å². The number of hydrogen-bond acceptors (Lipinski definition) is 6. The second kappa shape index (κ2) is 11.1. The number of aromatic nitrogens is 1. The van der Waals surface area contributed by atoms with Crippen molar-refractivity contribution in [1.82, 2.24) is 20.1 Å². The van der Waals surface area contributed by atoms with Gasteiger partial charge in [-0.2, -0.15) is 0 Å². The highest BCUT2D eigenvalue weighted by Crippen LogP contribution is 2.16. The molecule has 2 aliphatic heterocycles. The number of piperazine rings is 2. The number of benzene rings is 1. The van der Waals surface area contributed by atoms with Gasteiger partial charge in [-0.3, -0.25) is 19.3 Å². The van der Waals surface area contributed by atoms with E-state index in [0.717, 1.165) is 38.4 Å². The molecule has 2 aliphatic rings. The molecule has 0 spiro atoms. The highest BCUT2D eigenvalue weighted by atomic mass is 16.2. The van der Waals surface area contributed by atoms with Gasteiger partial charge in [0, 0.05) is 51.2 Å². The quantitative estimate of drug-likeness (QED) is 0.638. The number of amides is 3. The smallest absolute Gasteiger partial charge is 0.243 e. The van der Waals surface area contributed by atoms with E-state index in [0.29, 0.717) is 18.8 Å². The predicted octanol–water partition coefficient (Wildman–Crippen LogP) is 1.12. The maximum Gasteiger partial charge on any atom is 0.243 e. The summed E-state index contributed by atoms with van der Waals surface area (Å²) in [6.07, 6.45) is 2.63. The van der Waals surface area contributed by atoms with Gasteiger partial charge in [0.15, 0.2) is 0 Å². The molecule has 2 aromatic rings. The topological polar surface area (TPSA) is 97.9 Å². The third kappa shape index (κ3) is 5.91. The second-order valence-corrected chi connectivity index (χ2v) is 8.65. The van der Waals surface area contributed by atoms with Gasteiger partial charge in [-0.25, -0.2) is 4.98 Å². The summed E-state index contributed by atoms with van der Waals surface area (Å²) in [6, 6.07) is 12.7. The molecule has 0 unspecified atom stereocenters. The van der Waals surface area contributed by atoms with Crippen molar-refractivity contribution in [3.63, 3.8) is 0 Å². The molecule has 2 N–H and O–H groups in total. The Morgan fingerprint density at radius 2 is 1.82 bits per heavy atom. The van der Waals surface area contributed by atoms with E-state index in [2.05, 4.69) is 32.3 Å². The minimum Gasteiger partial charge on any atom is -0.354 e. The van der Waals surface area contributed by atoms with Gasteiger partial charge in [0.05, 0.1) is 13.0 Å². The SMILES string of the molecule is CCc1ccc(NC(=O)C[C@H]2C(=O)NCCN2C(=O)CN2CCN(c3ccccn3)CC2)cc1. The molecular formula is C25H32N6O3. The van der Waals surface area contributed by atoms with Crippen LogP contribution in [0.15, 0.2) is 48.7 Å². The first kappa shape index (κ1) is 23.7. The van der Waals surface area contributed by atoms with Crippen LogP contribution in [0.5, 0.6) is 0 Å². The van der Waals surface area contributed by atoms with Crippen molar-refractivity contribution in [1.29, 1.82) is 0 Å². The lowest BCUT2D eigenvalue weighted by Gasteiger charge is -2.38. The zero-order valence-electron chi connectivity index (χ0n) is 19.6. The van der Waals surface area contributed by atoms with Crippen LogP contribution < -0.4 is 15.5 Å². The van der Waals surface area contributed by atoms with Crippen molar-refractivity contribution in [2.45, 2.75) is 25.8 Å². The van der Waals surface area contributed by atoms with Crippen molar-refractivity contribution in [3.8, 4) is 0 Å². The number of carbonyl (C=O) groups excluding carboxylic acids is 3. The largest absolute Gasteiger partial charge is 0.354 e. The summed E-state index contributed by atoms with van der Waals surface area (Å²) in [6.45, 7) is 6.15. The van der Waals surface area contributed by atoms with Crippen molar-refractivity contribution in [2.75, 3.05) is 56.0 Å². The normalized spacial score (nSPS) is 19.0. The summed E-state index contributed by atoms with van der Waals surface area (Å²) in [5.41, 5.74) is 1.87. The lowest BCUT2D eigenvalue weighted by atomic mass is 10.1. The van der Waals surface area contributed by atoms with Crippen LogP contribution in [-0.4, -0.2) is 84.4 Å². The minimum atomic E-state index is -0.800. The average molecular weight is 465 g/mol. The lowest BCUT2D eigenvalue weighted by molar-refractivity contribution is -0.145. The molecular weight excluding hydrogens is 432 g/mol. The minimum absolute atomic E-state index is 0.0689. The predicted molar refractivity (Wildman–Crippen MR) is 130 cm³/mol. The van der Waals surface area contributed by atoms with Crippen LogP contribution in [0.1, 0.15) is 18.9 Å². The standard InChI is InChI=1S/C25H32N6O3/c1-2-19-6-8-20(9-7-19)28-23(32)17-21-25(34)27-11-12-31(21)24(33)18-29-13-15-30(16-14-29)22-5-3-4-10-26-22/h3-10,21H,2,11-18H2,1H3,(H,27,34)(H,28,32)/t21-/m0/s1. The molecule has 0 bridgehead atoms. The Kier molecular flexibility index (Phi) is 7.74. The molecule has 0 radical (unpaired) electrons. The molecule has 2 saturated heterocycles. The van der Waals surface area contributed by atoms with Crippen molar-refractivity contribution in [3.05, 3.63) is 54.2 Å². The van der Waals surface area contributed by atoms with Crippen LogP contribution in [0.25, 0.3) is 0 Å². The fourth-order valence-electron chi connectivity index (χ4n) is 4.39. The summed E-state index contributed by atoms with van der Waals surface area (Å²) in [7, 11) is 0. The number of nitrogens with zero attached hydrogens (tertiary/aromatic N) is 4. The zero-order valence-corrected chi connectivity index (χ0v) is 19.6. The molecule has 9 nitrogen and oxygen atoms in total. The number of anilines is 2. The summed E-state index contributed by atoms with van der Waals surface area (Å²) in [5, 5.41) is 5.63. The van der Waals surface area contributed by atoms with Crippen LogP contribution in [0.3, 0.4) is 0 Å². The van der Waals surface area contributed by atoms with E-state index < -0.39 is 6.04 Å². The molecule has 1 aromatic carbocycles. The average Bonchev–Trinajstić information content (AvgIpc) is 2.86. The van der Waals surface area contributed by atoms with E-state index in [1.165, 1.54) is 5.56 Å². The zero-order chi connectivity index (χ0) is 23.9. The Morgan fingerprint density at radius 1 is 1.06 bits per heavy atom. The molecule has 1 aromatic heterocycles. The second-order valence-electron chi connectivity index (χ2n) is 8.65. The van der Waals surface area contributed by atoms with Gasteiger partial charge < -0.3 is 20.4 Å². The van der Waals surface area contributed by atoms with E-state index in [4.69, 9.17) is 0 Å². The van der Waals surface area contributed by atoms with E-state index in [-0.39, 0.29) is 30.7 Å². The number of rotatable bonds is 7. The number of carbonyl (C=O) groups is 3. The fraction of sp³-hybridized carbons (Fsp3) is 0.440. The lowest BCUT2D eigenvalue weighted by Crippen LogP contribution is -2.60. The van der Waals surface area contributed by atoms with E-state index in [1.54, 1.807) is 11.1 Å². The van der Waals surface area contributed by atoms with Crippen LogP contribution in [-0.2, 0) is 20.8 Å². The Labute approximate surface area is 200 Å². The Hall–Kier alpha value is -3.46. The summed E-state index contributed by atoms with van der Waals surface area (Å²) >= 11 is 0. The molecule has 4 rings (SSSR count). The third-order valence-electron chi connectivity index (χ3n) is 6.38. The first-order chi connectivity index (χ1) is 16.5. The number of pyridine rings is 1. The molecule has 3 amide bonds. The molecule has 9 heteroatoms. The number of aryl methyl sites for hydroxylation is 1. The Balaban J connectivity index is 1.31. The third-order valence-corrected chi connectivity index (χ3v) is 6.38. The van der Waals surface area contributed by atoms with Gasteiger partial charge >= 0.3 is 0 Å². The van der Waals surface area contributed by atoms with Crippen molar-refractivity contribution >= 4 is 29.2 Å². The Morgan fingerprint density at radius 3 is 2.50 bits per heavy atom. The van der Waals surface area contributed by atoms with Crippen LogP contribution in [0, 0.1) is 0 Å². The highest BCUT2D eigenvalue weighted by molar-refractivity contribution is 5.97. The number of hydrogen-bond donors (Lipinski definition) is 2. The highest BCUT2D eigenvalue weighted by Gasteiger charge is 2.35. The first-order valence-corrected chi connectivity index (χ1v) is 11.9. The monoisotopic (exact) mass is 464 g/mol. The van der Waals surface area contributed by atoms with Crippen molar-refractivity contribution < 1.29 is 14.4 Å². The maximum absolute atomic E-state index is 13.1. The maximum atomic E-state index is 13.1. The molecule has 0 aliphatic carbocycles. The van der Waals surface area contributed by atoms with Crippen molar-refractivity contribution in [2.24, 2.45) is 0 Å². The van der Waals surface area contributed by atoms with E-state index >= 15 is 0 Å². The number of nitrogens with one attached hydrogen (secondary N) is 2. The van der Waals surface area contributed by atoms with Gasteiger partial charge in [0.1, 0.15) is 11.9 Å². The van der Waals surface area contributed by atoms with Gasteiger partial charge in [0.2, 0.25) is 17.7 Å². The summed E-state index contributed by atoms with van der Waals surface area (Å²) < 4.78 is 0. The fourth-order valence-corrected chi connectivity index (χ4v) is 4.39. The van der Waals surface area contributed by atoms with Gasteiger partial charge in [0.25, 0.3) is 0 Å². The molecule has 3 heterocycles. The van der Waals surface area contributed by atoms with E-state index in [9.17, 15) is 14.4 Å². The van der Waals surface area contributed by atoms with Gasteiger partial charge in [-0.05, 0) is 36.2 Å². The van der Waals surface area contributed by atoms with Crippen LogP contribution >= 0.6 is 0 Å². The first-order valence-electron chi connectivity index (χ1n) is 11.9. The Bertz CT molecular complexity index is 989. The van der Waals surface area contributed by atoms with Gasteiger partial charge in [-0.15, -0.1) is 0 Å². The molecule has 34 heavy (non-hydrogen) atoms. The summed E-state index contributed by atoms with van der Waals surface area (Å²) in [5.74, 6) is 0.256. The van der Waals surface area contributed by atoms with E-state index in [1.807, 2.05) is 42.5 Å². The molecule has 0 saturated carbocycles. The molecule has 2 fully saturated rings. The molecule has 180 valence electrons. The molecule has 1 atom stereocenters.